The number of hydrogen-bond donors (Lipinski definition) is 1. The van der Waals surface area contributed by atoms with Crippen molar-refractivity contribution in [2.24, 2.45) is 0 Å². The van der Waals surface area contributed by atoms with Gasteiger partial charge >= 0.3 is 0 Å². The van der Waals surface area contributed by atoms with Crippen LogP contribution in [0.2, 0.25) is 0 Å². The van der Waals surface area contributed by atoms with Crippen LogP contribution in [0.25, 0.3) is 10.9 Å². The van der Waals surface area contributed by atoms with Crippen LogP contribution in [-0.4, -0.2) is 10.8 Å². The first-order chi connectivity index (χ1) is 9.25. The molecule has 92 valence electrons. The van der Waals surface area contributed by atoms with Crippen molar-refractivity contribution in [1.29, 1.82) is 0 Å². The lowest BCUT2D eigenvalue weighted by molar-refractivity contribution is 0.103. The number of nitrogen functional groups attached to an aromatic ring is 1. The monoisotopic (exact) mass is 248 g/mol. The van der Waals surface area contributed by atoms with Crippen LogP contribution >= 0.6 is 0 Å². The Morgan fingerprint density at radius 2 is 1.74 bits per heavy atom. The van der Waals surface area contributed by atoms with Crippen molar-refractivity contribution in [3.63, 3.8) is 0 Å². The molecule has 0 unspecified atom stereocenters. The summed E-state index contributed by atoms with van der Waals surface area (Å²) in [4.78, 5) is 16.7. The highest BCUT2D eigenvalue weighted by atomic mass is 16.1. The lowest BCUT2D eigenvalue weighted by Gasteiger charge is -2.05. The van der Waals surface area contributed by atoms with E-state index in [0.717, 1.165) is 10.9 Å². The van der Waals surface area contributed by atoms with Crippen LogP contribution in [0.1, 0.15) is 15.9 Å². The van der Waals surface area contributed by atoms with Gasteiger partial charge in [0.05, 0.1) is 5.52 Å². The summed E-state index contributed by atoms with van der Waals surface area (Å²) in [5.41, 5.74) is 8.26. The van der Waals surface area contributed by atoms with Crippen molar-refractivity contribution in [3.05, 3.63) is 71.9 Å². The third-order valence-corrected chi connectivity index (χ3v) is 3.06. The molecule has 3 rings (SSSR count). The van der Waals surface area contributed by atoms with E-state index in [0.29, 0.717) is 16.8 Å². The van der Waals surface area contributed by atoms with Gasteiger partial charge in [-0.05, 0) is 24.3 Å². The Bertz CT molecular complexity index is 765. The molecule has 0 bridgehead atoms. The fraction of sp³-hybridized carbons (Fsp3) is 0. The number of ketones is 1. The molecule has 0 spiro atoms. The van der Waals surface area contributed by atoms with E-state index in [1.807, 2.05) is 36.4 Å². The third-order valence-electron chi connectivity index (χ3n) is 3.06. The van der Waals surface area contributed by atoms with Gasteiger partial charge in [0.1, 0.15) is 0 Å². The van der Waals surface area contributed by atoms with E-state index in [1.54, 1.807) is 24.4 Å². The number of benzene rings is 2. The second-order valence-electron chi connectivity index (χ2n) is 4.33. The number of nitrogens with two attached hydrogens (primary N) is 1. The second-order valence-corrected chi connectivity index (χ2v) is 4.33. The summed E-state index contributed by atoms with van der Waals surface area (Å²) in [5, 5.41) is 0.947. The highest BCUT2D eigenvalue weighted by molar-refractivity contribution is 6.12. The molecule has 3 aromatic rings. The van der Waals surface area contributed by atoms with Crippen LogP contribution in [-0.2, 0) is 0 Å². The normalized spacial score (nSPS) is 10.5. The average molecular weight is 248 g/mol. The van der Waals surface area contributed by atoms with Crippen molar-refractivity contribution in [2.75, 3.05) is 5.73 Å². The molecule has 0 atom stereocenters. The predicted molar refractivity (Wildman–Crippen MR) is 76.0 cm³/mol. The topological polar surface area (TPSA) is 56.0 Å². The molecule has 0 saturated carbocycles. The number of aromatic nitrogens is 1. The van der Waals surface area contributed by atoms with E-state index >= 15 is 0 Å². The number of nitrogens with zero attached hydrogens (tertiary/aromatic N) is 1. The van der Waals surface area contributed by atoms with E-state index in [4.69, 9.17) is 5.73 Å². The molecule has 2 N–H and O–H groups in total. The number of hydrogen-bond acceptors (Lipinski definition) is 3. The van der Waals surface area contributed by atoms with Gasteiger partial charge in [0.25, 0.3) is 0 Å². The largest absolute Gasteiger partial charge is 0.398 e. The van der Waals surface area contributed by atoms with Gasteiger partial charge in [-0.1, -0.05) is 30.3 Å². The molecule has 3 heteroatoms. The molecule has 0 aliphatic heterocycles. The highest BCUT2D eigenvalue weighted by Gasteiger charge is 2.12. The van der Waals surface area contributed by atoms with Crippen molar-refractivity contribution >= 4 is 22.4 Å². The summed E-state index contributed by atoms with van der Waals surface area (Å²) >= 11 is 0. The molecular weight excluding hydrogens is 236 g/mol. The number of rotatable bonds is 2. The van der Waals surface area contributed by atoms with Gasteiger partial charge in [0, 0.05) is 28.4 Å². The van der Waals surface area contributed by atoms with Crippen molar-refractivity contribution in [3.8, 4) is 0 Å². The molecule has 0 fully saturated rings. The van der Waals surface area contributed by atoms with Gasteiger partial charge < -0.3 is 5.73 Å². The molecule has 0 saturated heterocycles. The average Bonchev–Trinajstić information content (AvgIpc) is 2.46. The van der Waals surface area contributed by atoms with E-state index in [2.05, 4.69) is 4.98 Å². The number of fused-ring (bicyclic) bond motifs is 1. The summed E-state index contributed by atoms with van der Waals surface area (Å²) in [6.45, 7) is 0. The summed E-state index contributed by atoms with van der Waals surface area (Å²) in [6.07, 6.45) is 1.59. The maximum Gasteiger partial charge on any atom is 0.196 e. The highest BCUT2D eigenvalue weighted by Crippen LogP contribution is 2.18. The first-order valence-electron chi connectivity index (χ1n) is 6.00. The van der Waals surface area contributed by atoms with E-state index in [-0.39, 0.29) is 5.78 Å². The predicted octanol–water partition coefficient (Wildman–Crippen LogP) is 3.05. The van der Waals surface area contributed by atoms with Crippen LogP contribution < -0.4 is 5.73 Å². The molecule has 0 amide bonds. The number of para-hydroxylation sites is 2. The quantitative estimate of drug-likeness (QED) is 0.560. The van der Waals surface area contributed by atoms with Crippen LogP contribution in [0.3, 0.4) is 0 Å². The smallest absolute Gasteiger partial charge is 0.196 e. The molecule has 1 aromatic heterocycles. The Morgan fingerprint density at radius 3 is 2.58 bits per heavy atom. The van der Waals surface area contributed by atoms with Gasteiger partial charge in [-0.3, -0.25) is 9.78 Å². The standard InChI is InChI=1S/C16H12N2O/c17-14-7-3-2-6-13(14)16(19)12-9-11-5-1-4-8-15(11)18-10-12/h1-10H,17H2. The Balaban J connectivity index is 2.09. The van der Waals surface area contributed by atoms with E-state index in [1.165, 1.54) is 0 Å². The lowest BCUT2D eigenvalue weighted by Crippen LogP contribution is -2.05. The summed E-state index contributed by atoms with van der Waals surface area (Å²) < 4.78 is 0. The van der Waals surface area contributed by atoms with Crippen molar-refractivity contribution < 1.29 is 4.79 Å². The van der Waals surface area contributed by atoms with Crippen molar-refractivity contribution in [2.45, 2.75) is 0 Å². The molecule has 0 radical (unpaired) electrons. The molecule has 0 aliphatic carbocycles. The van der Waals surface area contributed by atoms with Crippen molar-refractivity contribution in [1.82, 2.24) is 4.98 Å². The molecule has 2 aromatic carbocycles. The van der Waals surface area contributed by atoms with Gasteiger partial charge in [-0.2, -0.15) is 0 Å². The zero-order valence-corrected chi connectivity index (χ0v) is 10.2. The second kappa shape index (κ2) is 4.53. The van der Waals surface area contributed by atoms with Crippen LogP contribution in [0.15, 0.2) is 60.8 Å². The van der Waals surface area contributed by atoms with Gasteiger partial charge in [-0.25, -0.2) is 0 Å². The van der Waals surface area contributed by atoms with Crippen LogP contribution in [0.4, 0.5) is 5.69 Å². The maximum absolute atomic E-state index is 12.4. The molecule has 0 aliphatic rings. The van der Waals surface area contributed by atoms with Gasteiger partial charge in [0.2, 0.25) is 0 Å². The molecule has 3 nitrogen and oxygen atoms in total. The van der Waals surface area contributed by atoms with Gasteiger partial charge in [0.15, 0.2) is 5.78 Å². The fourth-order valence-electron chi connectivity index (χ4n) is 2.05. The van der Waals surface area contributed by atoms with E-state index < -0.39 is 0 Å². The minimum Gasteiger partial charge on any atom is -0.398 e. The maximum atomic E-state index is 12.4. The van der Waals surface area contributed by atoms with E-state index in [9.17, 15) is 4.79 Å². The first kappa shape index (κ1) is 11.4. The summed E-state index contributed by atoms with van der Waals surface area (Å²) in [7, 11) is 0. The number of carbonyl (C=O) groups is 1. The Morgan fingerprint density at radius 1 is 1.00 bits per heavy atom. The minimum atomic E-state index is -0.101. The number of anilines is 1. The molecular formula is C16H12N2O. The van der Waals surface area contributed by atoms with Gasteiger partial charge in [-0.15, -0.1) is 0 Å². The molecule has 1 heterocycles. The Labute approximate surface area is 110 Å². The molecule has 19 heavy (non-hydrogen) atoms. The fourth-order valence-corrected chi connectivity index (χ4v) is 2.05. The summed E-state index contributed by atoms with van der Waals surface area (Å²) in [5.74, 6) is -0.101. The third kappa shape index (κ3) is 2.06. The van der Waals surface area contributed by atoms with Crippen LogP contribution in [0.5, 0.6) is 0 Å². The summed E-state index contributed by atoms with van der Waals surface area (Å²) in [6, 6.07) is 16.6. The zero-order valence-electron chi connectivity index (χ0n) is 10.2. The number of carbonyl (C=O) groups excluding carboxylic acids is 1. The first-order valence-corrected chi connectivity index (χ1v) is 6.00. The van der Waals surface area contributed by atoms with Crippen LogP contribution in [0, 0.1) is 0 Å². The lowest BCUT2D eigenvalue weighted by atomic mass is 10.0. The zero-order chi connectivity index (χ0) is 13.2. The number of pyridine rings is 1. The SMILES string of the molecule is Nc1ccccc1C(=O)c1cnc2ccccc2c1. The minimum absolute atomic E-state index is 0.101. The Kier molecular flexibility index (Phi) is 2.72. The Hall–Kier alpha value is -2.68.